The average Bonchev–Trinajstić information content (AvgIpc) is 1.72. The van der Waals surface area contributed by atoms with E-state index in [0.29, 0.717) is 5.92 Å². The summed E-state index contributed by atoms with van der Waals surface area (Å²) in [6.45, 7) is 7.13. The predicted octanol–water partition coefficient (Wildman–Crippen LogP) is 1.10. The second-order valence-corrected chi connectivity index (χ2v) is 1.85. The van der Waals surface area contributed by atoms with Gasteiger partial charge in [-0.05, 0) is 5.92 Å². The van der Waals surface area contributed by atoms with Crippen LogP contribution in [0.1, 0.15) is 13.8 Å². The number of rotatable bonds is 2. The van der Waals surface area contributed by atoms with Gasteiger partial charge in [0.1, 0.15) is 6.79 Å². The Bertz CT molecular complexity index is 35.5. The Morgan fingerprint density at radius 2 is 1.88 bits per heavy atom. The Labute approximate surface area is 50.8 Å². The first-order valence-electron chi connectivity index (χ1n) is 2.55. The lowest BCUT2D eigenvalue weighted by atomic mass is 10.2. The van der Waals surface area contributed by atoms with Crippen molar-refractivity contribution in [3.05, 3.63) is 0 Å². The van der Waals surface area contributed by atoms with Crippen LogP contribution in [0.2, 0.25) is 0 Å². The van der Waals surface area contributed by atoms with Gasteiger partial charge in [-0.1, -0.05) is 13.8 Å². The van der Waals surface area contributed by atoms with Gasteiger partial charge < -0.3 is 9.53 Å². The van der Waals surface area contributed by atoms with E-state index in [2.05, 4.69) is 13.8 Å². The molecule has 2 heteroatoms. The van der Waals surface area contributed by atoms with Gasteiger partial charge in [0.15, 0.2) is 0 Å². The average molecular weight is 118 g/mol. The van der Waals surface area contributed by atoms with Crippen LogP contribution < -0.4 is 0 Å². The maximum atomic E-state index is 8.00. The number of carbonyl (C=O) groups is 1. The summed E-state index contributed by atoms with van der Waals surface area (Å²) < 4.78 is 4.80. The summed E-state index contributed by atoms with van der Waals surface area (Å²) in [4.78, 5) is 8.00. The summed E-state index contributed by atoms with van der Waals surface area (Å²) in [6, 6.07) is 0. The molecular weight excluding hydrogens is 104 g/mol. The molecule has 0 saturated heterocycles. The highest BCUT2D eigenvalue weighted by atomic mass is 16.5. The zero-order valence-electron chi connectivity index (χ0n) is 5.81. The molecule has 0 N–H and O–H groups in total. The summed E-state index contributed by atoms with van der Waals surface area (Å²) in [5.41, 5.74) is 0. The van der Waals surface area contributed by atoms with E-state index >= 15 is 0 Å². The third-order valence-corrected chi connectivity index (χ3v) is 0.500. The van der Waals surface area contributed by atoms with Crippen LogP contribution in [-0.2, 0) is 9.53 Å². The van der Waals surface area contributed by atoms with Gasteiger partial charge in [0, 0.05) is 13.7 Å². The molecule has 0 heterocycles. The van der Waals surface area contributed by atoms with Crippen LogP contribution in [0.15, 0.2) is 0 Å². The van der Waals surface area contributed by atoms with Gasteiger partial charge in [0.25, 0.3) is 0 Å². The Balaban J connectivity index is 0. The van der Waals surface area contributed by atoms with Crippen LogP contribution in [-0.4, -0.2) is 20.5 Å². The van der Waals surface area contributed by atoms with Crippen molar-refractivity contribution in [2.45, 2.75) is 13.8 Å². The highest BCUT2D eigenvalue weighted by molar-refractivity contribution is 5.10. The van der Waals surface area contributed by atoms with Gasteiger partial charge in [-0.2, -0.15) is 0 Å². The summed E-state index contributed by atoms with van der Waals surface area (Å²) in [5.74, 6) is 0.676. The fourth-order valence-electron chi connectivity index (χ4n) is 0.333. The molecule has 0 atom stereocenters. The molecule has 0 aliphatic carbocycles. The minimum atomic E-state index is 0.676. The van der Waals surface area contributed by atoms with Gasteiger partial charge in [-0.15, -0.1) is 0 Å². The van der Waals surface area contributed by atoms with Crippen molar-refractivity contribution in [1.29, 1.82) is 0 Å². The molecule has 50 valence electrons. The lowest BCUT2D eigenvalue weighted by molar-refractivity contribution is -0.0979. The summed E-state index contributed by atoms with van der Waals surface area (Å²) >= 11 is 0. The number of hydrogen-bond acceptors (Lipinski definition) is 2. The van der Waals surface area contributed by atoms with E-state index in [1.807, 2.05) is 6.79 Å². The summed E-state index contributed by atoms with van der Waals surface area (Å²) in [6.07, 6.45) is 0. The Hall–Kier alpha value is -0.370. The zero-order chi connectivity index (χ0) is 6.99. The monoisotopic (exact) mass is 118 g/mol. The molecule has 0 saturated carbocycles. The fourth-order valence-corrected chi connectivity index (χ4v) is 0.333. The molecule has 0 amide bonds. The van der Waals surface area contributed by atoms with Crippen molar-refractivity contribution in [3.8, 4) is 0 Å². The zero-order valence-corrected chi connectivity index (χ0v) is 5.81. The molecule has 0 aromatic rings. The Kier molecular flexibility index (Phi) is 13.0. The molecule has 0 radical (unpaired) electrons. The highest BCUT2D eigenvalue weighted by Crippen LogP contribution is 1.88. The maximum absolute atomic E-state index is 8.00. The van der Waals surface area contributed by atoms with E-state index in [9.17, 15) is 0 Å². The minimum Gasteiger partial charge on any atom is -0.384 e. The van der Waals surface area contributed by atoms with E-state index in [0.717, 1.165) is 6.61 Å². The van der Waals surface area contributed by atoms with Gasteiger partial charge in [-0.25, -0.2) is 0 Å². The van der Waals surface area contributed by atoms with Crippen molar-refractivity contribution in [1.82, 2.24) is 0 Å². The van der Waals surface area contributed by atoms with Crippen molar-refractivity contribution in [2.24, 2.45) is 5.92 Å². The lowest BCUT2D eigenvalue weighted by Crippen LogP contribution is -1.96. The van der Waals surface area contributed by atoms with Crippen LogP contribution in [0.3, 0.4) is 0 Å². The second-order valence-electron chi connectivity index (χ2n) is 1.85. The first-order chi connectivity index (χ1) is 3.77. The maximum Gasteiger partial charge on any atom is 0.106 e. The summed E-state index contributed by atoms with van der Waals surface area (Å²) in [7, 11) is 1.72. The molecule has 0 aliphatic heterocycles. The van der Waals surface area contributed by atoms with Crippen LogP contribution in [0.25, 0.3) is 0 Å². The molecule has 8 heavy (non-hydrogen) atoms. The van der Waals surface area contributed by atoms with Crippen molar-refractivity contribution >= 4 is 6.79 Å². The van der Waals surface area contributed by atoms with E-state index < -0.39 is 0 Å². The number of hydrogen-bond donors (Lipinski definition) is 0. The standard InChI is InChI=1S/C5H12O.CH2O/c1-5(2)4-6-3;1-2/h5H,4H2,1-3H3;1H2. The minimum absolute atomic E-state index is 0.676. The van der Waals surface area contributed by atoms with Gasteiger partial charge in [0.05, 0.1) is 0 Å². The summed E-state index contributed by atoms with van der Waals surface area (Å²) in [5, 5.41) is 0. The predicted molar refractivity (Wildman–Crippen MR) is 33.8 cm³/mol. The molecule has 0 bridgehead atoms. The smallest absolute Gasteiger partial charge is 0.106 e. The molecule has 0 aliphatic rings. The first kappa shape index (κ1) is 10.6. The molecule has 0 rings (SSSR count). The van der Waals surface area contributed by atoms with E-state index in [-0.39, 0.29) is 0 Å². The third kappa shape index (κ3) is 17.4. The fraction of sp³-hybridized carbons (Fsp3) is 0.833. The molecule has 0 aromatic carbocycles. The largest absolute Gasteiger partial charge is 0.384 e. The first-order valence-corrected chi connectivity index (χ1v) is 2.55. The molecule has 0 fully saturated rings. The van der Waals surface area contributed by atoms with Crippen molar-refractivity contribution in [2.75, 3.05) is 13.7 Å². The molecule has 0 spiro atoms. The van der Waals surface area contributed by atoms with E-state index in [1.54, 1.807) is 7.11 Å². The SMILES string of the molecule is C=O.COCC(C)C. The van der Waals surface area contributed by atoms with Crippen LogP contribution in [0.5, 0.6) is 0 Å². The van der Waals surface area contributed by atoms with E-state index in [1.165, 1.54) is 0 Å². The van der Waals surface area contributed by atoms with Gasteiger partial charge in [-0.3, -0.25) is 0 Å². The Morgan fingerprint density at radius 3 is 1.88 bits per heavy atom. The topological polar surface area (TPSA) is 26.3 Å². The van der Waals surface area contributed by atoms with Gasteiger partial charge in [0.2, 0.25) is 0 Å². The second kappa shape index (κ2) is 9.80. The highest BCUT2D eigenvalue weighted by Gasteiger charge is 1.85. The molecule has 2 nitrogen and oxygen atoms in total. The number of ether oxygens (including phenoxy) is 1. The lowest BCUT2D eigenvalue weighted by Gasteiger charge is -1.97. The molecule has 0 unspecified atom stereocenters. The molecular formula is C6H14O2. The van der Waals surface area contributed by atoms with Crippen LogP contribution in [0.4, 0.5) is 0 Å². The third-order valence-electron chi connectivity index (χ3n) is 0.500. The van der Waals surface area contributed by atoms with Crippen LogP contribution >= 0.6 is 0 Å². The normalized spacial score (nSPS) is 8.00. The van der Waals surface area contributed by atoms with E-state index in [4.69, 9.17) is 9.53 Å². The number of methoxy groups -OCH3 is 1. The van der Waals surface area contributed by atoms with Crippen molar-refractivity contribution in [3.63, 3.8) is 0 Å². The van der Waals surface area contributed by atoms with Gasteiger partial charge >= 0.3 is 0 Å². The number of carbonyl (C=O) groups excluding carboxylic acids is 1. The van der Waals surface area contributed by atoms with Crippen molar-refractivity contribution < 1.29 is 9.53 Å². The Morgan fingerprint density at radius 1 is 1.50 bits per heavy atom. The molecule has 0 aromatic heterocycles. The quantitative estimate of drug-likeness (QED) is 0.542. The van der Waals surface area contributed by atoms with Crippen LogP contribution in [0, 0.1) is 5.92 Å².